The fourth-order valence-corrected chi connectivity index (χ4v) is 3.11. The predicted molar refractivity (Wildman–Crippen MR) is 118 cm³/mol. The summed E-state index contributed by atoms with van der Waals surface area (Å²) in [5.74, 6) is -0.129. The van der Waals surface area contributed by atoms with Crippen LogP contribution in [0.5, 0.6) is 0 Å². The number of ketones is 1. The van der Waals surface area contributed by atoms with Gasteiger partial charge in [0, 0.05) is 34.3 Å². The van der Waals surface area contributed by atoms with Crippen molar-refractivity contribution in [2.45, 2.75) is 47.6 Å². The van der Waals surface area contributed by atoms with E-state index in [1.54, 1.807) is 6.21 Å². The van der Waals surface area contributed by atoms with Gasteiger partial charge in [0.25, 0.3) is 0 Å². The Labute approximate surface area is 176 Å². The monoisotopic (exact) mass is 445 g/mol. The standard InChI is InChI=1S/C11H11NO.C10H11BrO2.C2H6/c1-2-8-3-4-10-9(5-8)6-12-7-11(10)13;1-7-4-3-5-10(11)9(7)6-13-8(2)12;1-2/h3-6H,2,7H2,1H3;3-5H,6H2,1-2H3;1-2H3. The summed E-state index contributed by atoms with van der Waals surface area (Å²) in [7, 11) is 0. The Morgan fingerprint density at radius 3 is 2.54 bits per heavy atom. The number of esters is 1. The Bertz CT molecular complexity index is 823. The van der Waals surface area contributed by atoms with Gasteiger partial charge in [-0.2, -0.15) is 0 Å². The normalized spacial score (nSPS) is 11.4. The summed E-state index contributed by atoms with van der Waals surface area (Å²) in [5.41, 5.74) is 5.18. The molecule has 0 radical (unpaired) electrons. The van der Waals surface area contributed by atoms with Crippen molar-refractivity contribution >= 4 is 33.9 Å². The Kier molecular flexibility index (Phi) is 10.4. The molecule has 1 heterocycles. The number of Topliss-reactive ketones (excluding diaryl/α,β-unsaturated/α-hetero) is 1. The van der Waals surface area contributed by atoms with E-state index >= 15 is 0 Å². The molecular formula is C23H28BrNO3. The van der Waals surface area contributed by atoms with Crippen LogP contribution >= 0.6 is 15.9 Å². The SMILES string of the molecule is CC.CC(=O)OCc1c(C)cccc1Br.CCc1ccc2c(c1)C=NCC2=O. The van der Waals surface area contributed by atoms with Gasteiger partial charge in [0.05, 0.1) is 0 Å². The lowest BCUT2D eigenvalue weighted by Gasteiger charge is -2.09. The average molecular weight is 446 g/mol. The fraction of sp³-hybridized carbons (Fsp3) is 0.348. The lowest BCUT2D eigenvalue weighted by Crippen LogP contribution is -2.12. The van der Waals surface area contributed by atoms with Gasteiger partial charge in [-0.15, -0.1) is 0 Å². The van der Waals surface area contributed by atoms with E-state index in [2.05, 4.69) is 27.8 Å². The molecular weight excluding hydrogens is 418 g/mol. The zero-order chi connectivity index (χ0) is 21.1. The molecule has 0 aromatic heterocycles. The van der Waals surface area contributed by atoms with E-state index in [0.717, 1.165) is 33.1 Å². The number of nitrogens with zero attached hydrogens (tertiary/aromatic N) is 1. The first-order valence-electron chi connectivity index (χ1n) is 9.45. The maximum atomic E-state index is 11.4. The van der Waals surface area contributed by atoms with E-state index < -0.39 is 0 Å². The molecule has 150 valence electrons. The van der Waals surface area contributed by atoms with Crippen LogP contribution in [0.4, 0.5) is 0 Å². The van der Waals surface area contributed by atoms with Crippen LogP contribution in [0.25, 0.3) is 0 Å². The third-order valence-corrected chi connectivity index (χ3v) is 4.81. The number of ether oxygens (including phenoxy) is 1. The van der Waals surface area contributed by atoms with E-state index in [4.69, 9.17) is 4.74 Å². The van der Waals surface area contributed by atoms with Gasteiger partial charge in [-0.05, 0) is 36.6 Å². The Morgan fingerprint density at radius 1 is 1.21 bits per heavy atom. The zero-order valence-electron chi connectivity index (χ0n) is 17.2. The topological polar surface area (TPSA) is 55.7 Å². The molecule has 0 saturated heterocycles. The first kappa shape index (κ1) is 23.8. The lowest BCUT2D eigenvalue weighted by atomic mass is 9.98. The molecule has 3 rings (SSSR count). The van der Waals surface area contributed by atoms with Crippen LogP contribution in [-0.2, 0) is 22.6 Å². The molecule has 2 aromatic rings. The predicted octanol–water partition coefficient (Wildman–Crippen LogP) is 5.71. The second-order valence-corrected chi connectivity index (χ2v) is 6.84. The van der Waals surface area contributed by atoms with Crippen LogP contribution in [0.15, 0.2) is 45.9 Å². The van der Waals surface area contributed by atoms with E-state index in [9.17, 15) is 9.59 Å². The van der Waals surface area contributed by atoms with Crippen LogP contribution in [0.1, 0.15) is 60.3 Å². The van der Waals surface area contributed by atoms with Crippen molar-refractivity contribution in [1.29, 1.82) is 0 Å². The van der Waals surface area contributed by atoms with Gasteiger partial charge < -0.3 is 4.74 Å². The minimum Gasteiger partial charge on any atom is -0.461 e. The van der Waals surface area contributed by atoms with Gasteiger partial charge in [0.2, 0.25) is 0 Å². The van der Waals surface area contributed by atoms with E-state index in [1.165, 1.54) is 12.5 Å². The summed E-state index contributed by atoms with van der Waals surface area (Å²) in [5, 5.41) is 0. The second-order valence-electron chi connectivity index (χ2n) is 5.98. The van der Waals surface area contributed by atoms with Crippen molar-refractivity contribution in [2.75, 3.05) is 6.54 Å². The van der Waals surface area contributed by atoms with Crippen molar-refractivity contribution in [1.82, 2.24) is 0 Å². The summed E-state index contributed by atoms with van der Waals surface area (Å²) in [6, 6.07) is 11.8. The molecule has 0 atom stereocenters. The number of aliphatic imine (C=N–C) groups is 1. The lowest BCUT2D eigenvalue weighted by molar-refractivity contribution is -0.142. The number of carbonyl (C=O) groups excluding carboxylic acids is 2. The average Bonchev–Trinajstić information content (AvgIpc) is 2.69. The van der Waals surface area contributed by atoms with Gasteiger partial charge in [-0.3, -0.25) is 14.6 Å². The third kappa shape index (κ3) is 7.04. The highest BCUT2D eigenvalue weighted by Crippen LogP contribution is 2.20. The summed E-state index contributed by atoms with van der Waals surface area (Å²) in [6.07, 6.45) is 2.78. The van der Waals surface area contributed by atoms with Crippen LogP contribution in [0.3, 0.4) is 0 Å². The number of rotatable bonds is 3. The highest BCUT2D eigenvalue weighted by molar-refractivity contribution is 9.10. The largest absolute Gasteiger partial charge is 0.461 e. The first-order chi connectivity index (χ1) is 13.4. The molecule has 4 nitrogen and oxygen atoms in total. The number of hydrogen-bond donors (Lipinski definition) is 0. The number of fused-ring (bicyclic) bond motifs is 1. The van der Waals surface area contributed by atoms with Crippen LogP contribution in [0, 0.1) is 6.92 Å². The quantitative estimate of drug-likeness (QED) is 0.568. The van der Waals surface area contributed by atoms with Crippen molar-refractivity contribution in [2.24, 2.45) is 4.99 Å². The first-order valence-corrected chi connectivity index (χ1v) is 10.2. The molecule has 0 unspecified atom stereocenters. The summed E-state index contributed by atoms with van der Waals surface area (Å²) in [4.78, 5) is 26.0. The van der Waals surface area contributed by atoms with Crippen LogP contribution in [-0.4, -0.2) is 24.5 Å². The number of benzene rings is 2. The fourth-order valence-electron chi connectivity index (χ4n) is 2.53. The molecule has 0 saturated carbocycles. The molecule has 0 N–H and O–H groups in total. The minimum absolute atomic E-state index is 0.125. The highest BCUT2D eigenvalue weighted by atomic mass is 79.9. The van der Waals surface area contributed by atoms with Crippen molar-refractivity contribution < 1.29 is 14.3 Å². The van der Waals surface area contributed by atoms with Gasteiger partial charge in [-0.1, -0.05) is 61.0 Å². The van der Waals surface area contributed by atoms with Gasteiger partial charge in [0.15, 0.2) is 5.78 Å². The second kappa shape index (κ2) is 12.2. The van der Waals surface area contributed by atoms with Gasteiger partial charge in [0.1, 0.15) is 13.2 Å². The van der Waals surface area contributed by atoms with Crippen molar-refractivity contribution in [3.8, 4) is 0 Å². The maximum absolute atomic E-state index is 11.4. The number of carbonyl (C=O) groups is 2. The molecule has 1 aliphatic rings. The molecule has 0 aliphatic carbocycles. The molecule has 0 bridgehead atoms. The number of hydrogen-bond acceptors (Lipinski definition) is 4. The Hall–Kier alpha value is -2.27. The maximum Gasteiger partial charge on any atom is 0.302 e. The Balaban J connectivity index is 0.000000257. The van der Waals surface area contributed by atoms with E-state index in [0.29, 0.717) is 13.2 Å². The Morgan fingerprint density at radius 2 is 1.93 bits per heavy atom. The molecule has 1 aliphatic heterocycles. The summed E-state index contributed by atoms with van der Waals surface area (Å²) < 4.78 is 5.90. The van der Waals surface area contributed by atoms with E-state index in [-0.39, 0.29) is 11.8 Å². The molecule has 0 fully saturated rings. The number of aryl methyl sites for hydroxylation is 2. The van der Waals surface area contributed by atoms with Crippen LogP contribution < -0.4 is 0 Å². The zero-order valence-corrected chi connectivity index (χ0v) is 18.8. The summed E-state index contributed by atoms with van der Waals surface area (Å²) in [6.45, 7) is 10.1. The third-order valence-electron chi connectivity index (χ3n) is 4.06. The van der Waals surface area contributed by atoms with Gasteiger partial charge >= 0.3 is 5.97 Å². The number of halogens is 1. The summed E-state index contributed by atoms with van der Waals surface area (Å²) >= 11 is 3.41. The van der Waals surface area contributed by atoms with Crippen molar-refractivity contribution in [3.05, 3.63) is 68.7 Å². The minimum atomic E-state index is -0.254. The van der Waals surface area contributed by atoms with E-state index in [1.807, 2.05) is 57.2 Å². The highest BCUT2D eigenvalue weighted by Gasteiger charge is 2.13. The van der Waals surface area contributed by atoms with Crippen molar-refractivity contribution in [3.63, 3.8) is 0 Å². The molecule has 5 heteroatoms. The van der Waals surface area contributed by atoms with Gasteiger partial charge in [-0.25, -0.2) is 0 Å². The molecule has 0 spiro atoms. The molecule has 2 aromatic carbocycles. The smallest absolute Gasteiger partial charge is 0.302 e. The molecule has 0 amide bonds. The molecule has 28 heavy (non-hydrogen) atoms. The van der Waals surface area contributed by atoms with Crippen LogP contribution in [0.2, 0.25) is 0 Å².